The van der Waals surface area contributed by atoms with Gasteiger partial charge in [0.2, 0.25) is 0 Å². The van der Waals surface area contributed by atoms with Gasteiger partial charge in [-0.15, -0.1) is 0 Å². The summed E-state index contributed by atoms with van der Waals surface area (Å²) in [6, 6.07) is 9.49. The molecule has 0 spiro atoms. The molecule has 64 valence electrons. The maximum Gasteiger partial charge on any atom is 0.145 e. The Hall–Kier alpha value is -1.51. The largest absolute Gasteiger partial charge is 0.596 e. The Morgan fingerprint density at radius 1 is 1.42 bits per heavy atom. The van der Waals surface area contributed by atoms with Crippen molar-refractivity contribution in [1.29, 1.82) is 0 Å². The van der Waals surface area contributed by atoms with Crippen LogP contribution in [0.5, 0.6) is 0 Å². The van der Waals surface area contributed by atoms with Crippen molar-refractivity contribution >= 4 is 6.08 Å². The summed E-state index contributed by atoms with van der Waals surface area (Å²) >= 11 is 0. The van der Waals surface area contributed by atoms with Crippen LogP contribution in [0.15, 0.2) is 35.3 Å². The van der Waals surface area contributed by atoms with Crippen LogP contribution in [0.3, 0.4) is 0 Å². The average Bonchev–Trinajstić information content (AvgIpc) is 2.16. The van der Waals surface area contributed by atoms with Crippen molar-refractivity contribution in [2.45, 2.75) is 6.61 Å². The zero-order valence-corrected chi connectivity index (χ0v) is 6.86. The molecule has 1 rings (SSSR count). The van der Waals surface area contributed by atoms with Gasteiger partial charge in [-0.2, -0.15) is 0 Å². The van der Waals surface area contributed by atoms with Gasteiger partial charge >= 0.3 is 0 Å². The van der Waals surface area contributed by atoms with Gasteiger partial charge in [0.1, 0.15) is 6.08 Å². The second-order valence-corrected chi connectivity index (χ2v) is 2.26. The maximum atomic E-state index is 10.6. The predicted octanol–water partition coefficient (Wildman–Crippen LogP) is 0.549. The van der Waals surface area contributed by atoms with Crippen LogP contribution in [-0.2, 0) is 11.3 Å². The lowest BCUT2D eigenvalue weighted by Gasteiger charge is -2.12. The Morgan fingerprint density at radius 2 is 2.08 bits per heavy atom. The quantitative estimate of drug-likeness (QED) is 0.473. The van der Waals surface area contributed by atoms with Crippen LogP contribution >= 0.6 is 0 Å². The van der Waals surface area contributed by atoms with Crippen molar-refractivity contribution in [2.75, 3.05) is 7.05 Å². The van der Waals surface area contributed by atoms with E-state index in [1.807, 2.05) is 30.3 Å². The van der Waals surface area contributed by atoms with Gasteiger partial charge in [0, 0.05) is 13.7 Å². The van der Waals surface area contributed by atoms with Crippen molar-refractivity contribution in [3.63, 3.8) is 0 Å². The SMILES string of the molecule is CN=C([O-])OCc1ccccc1. The Balaban J connectivity index is 2.44. The number of hydrogen-bond donors (Lipinski definition) is 0. The van der Waals surface area contributed by atoms with Gasteiger partial charge in [-0.25, -0.2) is 0 Å². The number of nitrogens with zero attached hydrogens (tertiary/aromatic N) is 1. The molecule has 0 N–H and O–H groups in total. The Morgan fingerprint density at radius 3 is 2.67 bits per heavy atom. The fourth-order valence-electron chi connectivity index (χ4n) is 0.784. The molecule has 0 atom stereocenters. The van der Waals surface area contributed by atoms with Crippen molar-refractivity contribution < 1.29 is 9.84 Å². The first-order chi connectivity index (χ1) is 5.83. The summed E-state index contributed by atoms with van der Waals surface area (Å²) in [4.78, 5) is 3.34. The summed E-state index contributed by atoms with van der Waals surface area (Å²) in [5, 5.41) is 10.6. The molecule has 1 aromatic rings. The number of hydrogen-bond acceptors (Lipinski definition) is 3. The molecule has 0 radical (unpaired) electrons. The Bertz CT molecular complexity index is 256. The molecule has 0 saturated carbocycles. The third-order valence-corrected chi connectivity index (χ3v) is 1.39. The van der Waals surface area contributed by atoms with Gasteiger partial charge in [0.25, 0.3) is 0 Å². The maximum absolute atomic E-state index is 10.6. The molecule has 12 heavy (non-hydrogen) atoms. The molecule has 0 bridgehead atoms. The van der Waals surface area contributed by atoms with Gasteiger partial charge in [-0.1, -0.05) is 30.3 Å². The van der Waals surface area contributed by atoms with E-state index >= 15 is 0 Å². The lowest BCUT2D eigenvalue weighted by Crippen LogP contribution is -2.20. The van der Waals surface area contributed by atoms with Gasteiger partial charge in [-0.3, -0.25) is 4.99 Å². The predicted molar refractivity (Wildman–Crippen MR) is 44.6 cm³/mol. The normalized spacial score (nSPS) is 11.2. The van der Waals surface area contributed by atoms with Crippen LogP contribution < -0.4 is 5.11 Å². The minimum atomic E-state index is -0.529. The van der Waals surface area contributed by atoms with Gasteiger partial charge in [0.15, 0.2) is 0 Å². The lowest BCUT2D eigenvalue weighted by atomic mass is 10.2. The van der Waals surface area contributed by atoms with E-state index in [0.717, 1.165) is 5.56 Å². The number of aliphatic imine (C=N–C) groups is 1. The van der Waals surface area contributed by atoms with Crippen molar-refractivity contribution in [3.8, 4) is 0 Å². The summed E-state index contributed by atoms with van der Waals surface area (Å²) in [7, 11) is 1.41. The molecule has 0 fully saturated rings. The molecule has 0 unspecified atom stereocenters. The van der Waals surface area contributed by atoms with Crippen molar-refractivity contribution in [2.24, 2.45) is 4.99 Å². The van der Waals surface area contributed by atoms with Crippen LogP contribution in [0.4, 0.5) is 0 Å². The van der Waals surface area contributed by atoms with Crippen LogP contribution in [-0.4, -0.2) is 13.1 Å². The molecule has 0 aromatic heterocycles. The topological polar surface area (TPSA) is 44.7 Å². The van der Waals surface area contributed by atoms with Crippen molar-refractivity contribution in [3.05, 3.63) is 35.9 Å². The smallest absolute Gasteiger partial charge is 0.145 e. The first kappa shape index (κ1) is 8.59. The monoisotopic (exact) mass is 164 g/mol. The highest BCUT2D eigenvalue weighted by molar-refractivity contribution is 5.61. The zero-order chi connectivity index (χ0) is 8.81. The van der Waals surface area contributed by atoms with E-state index < -0.39 is 6.08 Å². The first-order valence-corrected chi connectivity index (χ1v) is 3.63. The van der Waals surface area contributed by atoms with E-state index in [0.29, 0.717) is 0 Å². The van der Waals surface area contributed by atoms with E-state index in [2.05, 4.69) is 4.99 Å². The summed E-state index contributed by atoms with van der Waals surface area (Å²) in [6.45, 7) is 0.289. The fourth-order valence-corrected chi connectivity index (χ4v) is 0.784. The first-order valence-electron chi connectivity index (χ1n) is 3.63. The molecular formula is C9H10NO2-. The highest BCUT2D eigenvalue weighted by Crippen LogP contribution is 1.99. The summed E-state index contributed by atoms with van der Waals surface area (Å²) in [5.41, 5.74) is 0.967. The standard InChI is InChI=1S/C9H11NO2/c1-10-9(11)12-7-8-5-3-2-4-6-8/h2-6H,7H2,1H3,(H,10,11)/p-1. The van der Waals surface area contributed by atoms with E-state index in [1.54, 1.807) is 0 Å². The van der Waals surface area contributed by atoms with Crippen LogP contribution in [0, 0.1) is 0 Å². The molecule has 3 nitrogen and oxygen atoms in total. The Labute approximate surface area is 71.3 Å². The minimum absolute atomic E-state index is 0.289. The molecule has 0 aliphatic carbocycles. The molecular weight excluding hydrogens is 154 g/mol. The number of rotatable bonds is 2. The highest BCUT2D eigenvalue weighted by atomic mass is 16.6. The van der Waals surface area contributed by atoms with Gasteiger partial charge in [0.05, 0.1) is 0 Å². The minimum Gasteiger partial charge on any atom is -0.596 e. The van der Waals surface area contributed by atoms with E-state index in [9.17, 15) is 5.11 Å². The third-order valence-electron chi connectivity index (χ3n) is 1.39. The van der Waals surface area contributed by atoms with Crippen molar-refractivity contribution in [1.82, 2.24) is 0 Å². The van der Waals surface area contributed by atoms with E-state index in [-0.39, 0.29) is 6.61 Å². The van der Waals surface area contributed by atoms with Crippen LogP contribution in [0.1, 0.15) is 5.56 Å². The summed E-state index contributed by atoms with van der Waals surface area (Å²) < 4.78 is 4.77. The van der Waals surface area contributed by atoms with Crippen LogP contribution in [0.2, 0.25) is 0 Å². The average molecular weight is 164 g/mol. The molecule has 0 heterocycles. The molecule has 0 amide bonds. The molecule has 3 heteroatoms. The lowest BCUT2D eigenvalue weighted by molar-refractivity contribution is -0.252. The zero-order valence-electron chi connectivity index (χ0n) is 6.86. The van der Waals surface area contributed by atoms with Gasteiger partial charge < -0.3 is 9.84 Å². The fraction of sp³-hybridized carbons (Fsp3) is 0.222. The Kier molecular flexibility index (Phi) is 3.14. The van der Waals surface area contributed by atoms with E-state index in [1.165, 1.54) is 7.05 Å². The number of benzene rings is 1. The van der Waals surface area contributed by atoms with Gasteiger partial charge in [-0.05, 0) is 5.56 Å². The second kappa shape index (κ2) is 4.38. The summed E-state index contributed by atoms with van der Waals surface area (Å²) in [6.07, 6.45) is -0.529. The number of ether oxygens (including phenoxy) is 1. The molecule has 0 aliphatic heterocycles. The third kappa shape index (κ3) is 2.62. The highest BCUT2D eigenvalue weighted by Gasteiger charge is 1.85. The molecule has 0 aliphatic rings. The molecule has 1 aromatic carbocycles. The second-order valence-electron chi connectivity index (χ2n) is 2.26. The van der Waals surface area contributed by atoms with Crippen LogP contribution in [0.25, 0.3) is 0 Å². The van der Waals surface area contributed by atoms with E-state index in [4.69, 9.17) is 4.74 Å². The summed E-state index contributed by atoms with van der Waals surface area (Å²) in [5.74, 6) is 0. The molecule has 0 saturated heterocycles.